The SMILES string of the molecule is CCOc1ccccc1NC(=O)c1[nH]c(CC)c(C(=O)OC)c1C. The summed E-state index contributed by atoms with van der Waals surface area (Å²) < 4.78 is 10.3. The highest BCUT2D eigenvalue weighted by molar-refractivity contribution is 6.07. The second kappa shape index (κ2) is 7.68. The first-order valence-electron chi connectivity index (χ1n) is 7.86. The third-order valence-corrected chi connectivity index (χ3v) is 3.73. The second-order valence-electron chi connectivity index (χ2n) is 5.21. The summed E-state index contributed by atoms with van der Waals surface area (Å²) in [5.74, 6) is -0.180. The van der Waals surface area contributed by atoms with Crippen molar-refractivity contribution < 1.29 is 19.1 Å². The van der Waals surface area contributed by atoms with Crippen LogP contribution in [-0.2, 0) is 11.2 Å². The van der Waals surface area contributed by atoms with Gasteiger partial charge in [-0.05, 0) is 38.0 Å². The van der Waals surface area contributed by atoms with Crippen LogP contribution in [0.2, 0.25) is 0 Å². The summed E-state index contributed by atoms with van der Waals surface area (Å²) in [6.07, 6.45) is 0.591. The van der Waals surface area contributed by atoms with Gasteiger partial charge in [-0.15, -0.1) is 0 Å². The number of methoxy groups -OCH3 is 1. The van der Waals surface area contributed by atoms with Crippen LogP contribution in [0.15, 0.2) is 24.3 Å². The molecule has 1 aromatic carbocycles. The molecule has 24 heavy (non-hydrogen) atoms. The summed E-state index contributed by atoms with van der Waals surface area (Å²) in [6.45, 7) is 6.01. The molecule has 1 amide bonds. The maximum Gasteiger partial charge on any atom is 0.339 e. The molecule has 0 aliphatic heterocycles. The Morgan fingerprint density at radius 3 is 2.54 bits per heavy atom. The van der Waals surface area contributed by atoms with Gasteiger partial charge in [0.2, 0.25) is 0 Å². The van der Waals surface area contributed by atoms with Crippen LogP contribution in [0.5, 0.6) is 5.75 Å². The van der Waals surface area contributed by atoms with Gasteiger partial charge in [0.15, 0.2) is 0 Å². The Kier molecular flexibility index (Phi) is 5.63. The van der Waals surface area contributed by atoms with Gasteiger partial charge < -0.3 is 19.8 Å². The minimum atomic E-state index is -0.450. The quantitative estimate of drug-likeness (QED) is 0.796. The zero-order valence-electron chi connectivity index (χ0n) is 14.4. The lowest BCUT2D eigenvalue weighted by molar-refractivity contribution is 0.0599. The van der Waals surface area contributed by atoms with Crippen molar-refractivity contribution in [2.24, 2.45) is 0 Å². The molecule has 6 nitrogen and oxygen atoms in total. The van der Waals surface area contributed by atoms with Crippen molar-refractivity contribution in [2.75, 3.05) is 19.0 Å². The number of esters is 1. The van der Waals surface area contributed by atoms with Crippen molar-refractivity contribution >= 4 is 17.6 Å². The number of aromatic amines is 1. The number of H-pyrrole nitrogens is 1. The molecule has 2 N–H and O–H groups in total. The van der Waals surface area contributed by atoms with Crippen LogP contribution in [0, 0.1) is 6.92 Å². The topological polar surface area (TPSA) is 80.4 Å². The molecule has 0 saturated heterocycles. The van der Waals surface area contributed by atoms with Gasteiger partial charge in [0.25, 0.3) is 5.91 Å². The number of amides is 1. The van der Waals surface area contributed by atoms with Gasteiger partial charge in [0, 0.05) is 5.69 Å². The van der Waals surface area contributed by atoms with E-state index in [1.165, 1.54) is 7.11 Å². The molecule has 0 aliphatic rings. The molecule has 128 valence electrons. The van der Waals surface area contributed by atoms with Crippen molar-refractivity contribution in [3.05, 3.63) is 46.8 Å². The van der Waals surface area contributed by atoms with Gasteiger partial charge in [0.1, 0.15) is 11.4 Å². The van der Waals surface area contributed by atoms with Gasteiger partial charge in [-0.2, -0.15) is 0 Å². The summed E-state index contributed by atoms with van der Waals surface area (Å²) in [7, 11) is 1.33. The molecule has 6 heteroatoms. The highest BCUT2D eigenvalue weighted by atomic mass is 16.5. The van der Waals surface area contributed by atoms with Crippen LogP contribution in [0.4, 0.5) is 5.69 Å². The predicted octanol–water partition coefficient (Wildman–Crippen LogP) is 3.32. The molecule has 0 saturated carbocycles. The minimum absolute atomic E-state index is 0.329. The number of carbonyl (C=O) groups is 2. The van der Waals surface area contributed by atoms with Crippen LogP contribution in [0.25, 0.3) is 0 Å². The number of aryl methyl sites for hydroxylation is 1. The number of anilines is 1. The van der Waals surface area contributed by atoms with E-state index in [9.17, 15) is 9.59 Å². The molecule has 1 heterocycles. The van der Waals surface area contributed by atoms with E-state index in [0.29, 0.717) is 47.0 Å². The Morgan fingerprint density at radius 2 is 1.92 bits per heavy atom. The number of hydrogen-bond donors (Lipinski definition) is 2. The molecule has 0 unspecified atom stereocenters. The normalized spacial score (nSPS) is 10.3. The number of carbonyl (C=O) groups excluding carboxylic acids is 2. The Labute approximate surface area is 141 Å². The summed E-state index contributed by atoms with van der Waals surface area (Å²) in [5.41, 5.74) is 2.60. The van der Waals surface area contributed by atoms with E-state index in [1.807, 2.05) is 26.0 Å². The average Bonchev–Trinajstić information content (AvgIpc) is 2.92. The predicted molar refractivity (Wildman–Crippen MR) is 91.8 cm³/mol. The van der Waals surface area contributed by atoms with Crippen molar-refractivity contribution in [1.29, 1.82) is 0 Å². The maximum atomic E-state index is 12.6. The number of ether oxygens (including phenoxy) is 2. The Bertz CT molecular complexity index is 749. The fraction of sp³-hybridized carbons (Fsp3) is 0.333. The summed E-state index contributed by atoms with van der Waals surface area (Å²) in [6, 6.07) is 7.21. The van der Waals surface area contributed by atoms with E-state index < -0.39 is 5.97 Å². The standard InChI is InChI=1S/C18H22N2O4/c1-5-12-15(18(22)23-4)11(3)16(19-12)17(21)20-13-9-7-8-10-14(13)24-6-2/h7-10,19H,5-6H2,1-4H3,(H,20,21). The fourth-order valence-corrected chi connectivity index (χ4v) is 2.57. The largest absolute Gasteiger partial charge is 0.492 e. The maximum absolute atomic E-state index is 12.6. The average molecular weight is 330 g/mol. The van der Waals surface area contributed by atoms with Crippen LogP contribution in [0.1, 0.15) is 46.0 Å². The molecule has 0 bridgehead atoms. The number of para-hydroxylation sites is 2. The number of hydrogen-bond acceptors (Lipinski definition) is 4. The molecule has 0 spiro atoms. The first kappa shape index (κ1) is 17.6. The van der Waals surface area contributed by atoms with E-state index in [0.717, 1.165) is 0 Å². The van der Waals surface area contributed by atoms with Crippen molar-refractivity contribution in [3.63, 3.8) is 0 Å². The Balaban J connectivity index is 2.34. The number of benzene rings is 1. The van der Waals surface area contributed by atoms with Gasteiger partial charge in [-0.3, -0.25) is 4.79 Å². The summed E-state index contributed by atoms with van der Waals surface area (Å²) in [4.78, 5) is 27.6. The van der Waals surface area contributed by atoms with E-state index in [2.05, 4.69) is 10.3 Å². The molecular formula is C18H22N2O4. The van der Waals surface area contributed by atoms with E-state index in [1.54, 1.807) is 19.1 Å². The molecule has 2 aromatic rings. The highest BCUT2D eigenvalue weighted by Crippen LogP contribution is 2.26. The van der Waals surface area contributed by atoms with Gasteiger partial charge in [-0.25, -0.2) is 4.79 Å². The van der Waals surface area contributed by atoms with Crippen molar-refractivity contribution in [2.45, 2.75) is 27.2 Å². The zero-order chi connectivity index (χ0) is 17.7. The van der Waals surface area contributed by atoms with E-state index in [-0.39, 0.29) is 5.91 Å². The lowest BCUT2D eigenvalue weighted by Gasteiger charge is -2.11. The molecule has 1 aromatic heterocycles. The lowest BCUT2D eigenvalue weighted by atomic mass is 10.1. The number of nitrogens with one attached hydrogen (secondary N) is 2. The van der Waals surface area contributed by atoms with Crippen LogP contribution < -0.4 is 10.1 Å². The molecule has 0 fully saturated rings. The third-order valence-electron chi connectivity index (χ3n) is 3.73. The Morgan fingerprint density at radius 1 is 1.21 bits per heavy atom. The van der Waals surface area contributed by atoms with Crippen LogP contribution >= 0.6 is 0 Å². The fourth-order valence-electron chi connectivity index (χ4n) is 2.57. The summed E-state index contributed by atoms with van der Waals surface area (Å²) in [5, 5.41) is 2.83. The van der Waals surface area contributed by atoms with E-state index >= 15 is 0 Å². The first-order valence-corrected chi connectivity index (χ1v) is 7.86. The van der Waals surface area contributed by atoms with Crippen LogP contribution in [0.3, 0.4) is 0 Å². The number of aromatic nitrogens is 1. The second-order valence-corrected chi connectivity index (χ2v) is 5.21. The molecule has 0 atom stereocenters. The molecule has 2 rings (SSSR count). The molecule has 0 aliphatic carbocycles. The van der Waals surface area contributed by atoms with Gasteiger partial charge >= 0.3 is 5.97 Å². The molecular weight excluding hydrogens is 308 g/mol. The Hall–Kier alpha value is -2.76. The van der Waals surface area contributed by atoms with Crippen molar-refractivity contribution in [1.82, 2.24) is 4.98 Å². The van der Waals surface area contributed by atoms with Gasteiger partial charge in [0.05, 0.1) is 25.0 Å². The number of rotatable bonds is 6. The smallest absolute Gasteiger partial charge is 0.339 e. The highest BCUT2D eigenvalue weighted by Gasteiger charge is 2.24. The third kappa shape index (κ3) is 3.42. The first-order chi connectivity index (χ1) is 11.5. The van der Waals surface area contributed by atoms with Crippen molar-refractivity contribution in [3.8, 4) is 5.75 Å². The lowest BCUT2D eigenvalue weighted by Crippen LogP contribution is -2.15. The summed E-state index contributed by atoms with van der Waals surface area (Å²) >= 11 is 0. The van der Waals surface area contributed by atoms with Gasteiger partial charge in [-0.1, -0.05) is 19.1 Å². The monoisotopic (exact) mass is 330 g/mol. The zero-order valence-corrected chi connectivity index (χ0v) is 14.4. The van der Waals surface area contributed by atoms with E-state index in [4.69, 9.17) is 9.47 Å². The minimum Gasteiger partial charge on any atom is -0.492 e. The van der Waals surface area contributed by atoms with Crippen LogP contribution in [-0.4, -0.2) is 30.6 Å². The molecule has 0 radical (unpaired) electrons.